The van der Waals surface area contributed by atoms with Gasteiger partial charge in [-0.05, 0) is 61.7 Å². The van der Waals surface area contributed by atoms with Crippen molar-refractivity contribution in [1.29, 1.82) is 0 Å². The van der Waals surface area contributed by atoms with Crippen LogP contribution in [0.5, 0.6) is 0 Å². The van der Waals surface area contributed by atoms with Gasteiger partial charge in [-0.2, -0.15) is 0 Å². The van der Waals surface area contributed by atoms with E-state index in [2.05, 4.69) is 15.3 Å². The number of Topliss-reactive ketones (excluding diaryl/α,β-unsaturated/α-hetero) is 1. The van der Waals surface area contributed by atoms with E-state index in [1.54, 1.807) is 18.5 Å². The highest BCUT2D eigenvalue weighted by Gasteiger charge is 2.38. The van der Waals surface area contributed by atoms with Gasteiger partial charge in [-0.25, -0.2) is 14.2 Å². The van der Waals surface area contributed by atoms with Crippen molar-refractivity contribution in [2.45, 2.75) is 37.9 Å². The SMILES string of the molecule is O=C(OC1CCCC(O)C1)C1=C(Nc2ccc(F)cc2)OC(=Cc2c[nH]c3ncccc23)C1=O. The van der Waals surface area contributed by atoms with Crippen LogP contribution in [0.4, 0.5) is 10.1 Å². The number of benzene rings is 1. The number of fused-ring (bicyclic) bond motifs is 1. The molecule has 3 aromatic rings. The molecule has 3 N–H and O–H groups in total. The Bertz CT molecular complexity index is 1310. The summed E-state index contributed by atoms with van der Waals surface area (Å²) in [5.41, 5.74) is 1.46. The number of ketones is 1. The third kappa shape index (κ3) is 4.42. The number of hydrogen-bond donors (Lipinski definition) is 3. The number of carbonyl (C=O) groups excluding carboxylic acids is 2. The zero-order valence-corrected chi connectivity index (χ0v) is 18.1. The summed E-state index contributed by atoms with van der Waals surface area (Å²) in [6.45, 7) is 0. The van der Waals surface area contributed by atoms with E-state index in [1.807, 2.05) is 6.07 Å². The molecular formula is C25H22FN3O5. The van der Waals surface area contributed by atoms with Crippen LogP contribution in [0.2, 0.25) is 0 Å². The summed E-state index contributed by atoms with van der Waals surface area (Å²) < 4.78 is 24.7. The molecule has 0 bridgehead atoms. The molecule has 1 aromatic carbocycles. The number of aliphatic hydroxyl groups is 1. The number of carbonyl (C=O) groups is 2. The summed E-state index contributed by atoms with van der Waals surface area (Å²) in [6, 6.07) is 9.04. The predicted molar refractivity (Wildman–Crippen MR) is 122 cm³/mol. The number of allylic oxidation sites excluding steroid dienone is 1. The second-order valence-electron chi connectivity index (χ2n) is 8.27. The quantitative estimate of drug-likeness (QED) is 0.300. The van der Waals surface area contributed by atoms with Crippen LogP contribution in [0.3, 0.4) is 0 Å². The first-order valence-electron chi connectivity index (χ1n) is 11.0. The topological polar surface area (TPSA) is 114 Å². The Morgan fingerprint density at radius 3 is 2.88 bits per heavy atom. The zero-order chi connectivity index (χ0) is 23.7. The molecule has 3 heterocycles. The number of ether oxygens (including phenoxy) is 2. The Hall–Kier alpha value is -3.98. The fraction of sp³-hybridized carbons (Fsp3) is 0.240. The van der Waals surface area contributed by atoms with Crippen LogP contribution in [0.15, 0.2) is 66.0 Å². The maximum Gasteiger partial charge on any atom is 0.348 e. The maximum atomic E-state index is 13.3. The van der Waals surface area contributed by atoms with Crippen molar-refractivity contribution in [2.24, 2.45) is 0 Å². The smallest absolute Gasteiger partial charge is 0.348 e. The van der Waals surface area contributed by atoms with E-state index in [0.717, 1.165) is 11.8 Å². The molecule has 174 valence electrons. The van der Waals surface area contributed by atoms with Crippen LogP contribution < -0.4 is 5.32 Å². The van der Waals surface area contributed by atoms with Gasteiger partial charge in [-0.3, -0.25) is 4.79 Å². The molecule has 2 atom stereocenters. The first-order chi connectivity index (χ1) is 16.5. The molecule has 1 saturated carbocycles. The maximum absolute atomic E-state index is 13.3. The zero-order valence-electron chi connectivity index (χ0n) is 18.1. The van der Waals surface area contributed by atoms with Crippen LogP contribution >= 0.6 is 0 Å². The number of rotatable bonds is 5. The molecule has 0 amide bonds. The number of anilines is 1. The monoisotopic (exact) mass is 463 g/mol. The van der Waals surface area contributed by atoms with Crippen molar-refractivity contribution in [3.05, 3.63) is 77.4 Å². The number of halogens is 1. The molecule has 1 fully saturated rings. The van der Waals surface area contributed by atoms with Crippen molar-refractivity contribution in [3.63, 3.8) is 0 Å². The first kappa shape index (κ1) is 21.8. The van der Waals surface area contributed by atoms with Crippen LogP contribution in [0, 0.1) is 5.82 Å². The third-order valence-electron chi connectivity index (χ3n) is 5.84. The van der Waals surface area contributed by atoms with Gasteiger partial charge in [0, 0.05) is 35.5 Å². The van der Waals surface area contributed by atoms with E-state index in [1.165, 1.54) is 30.3 Å². The van der Waals surface area contributed by atoms with Gasteiger partial charge in [-0.1, -0.05) is 0 Å². The lowest BCUT2D eigenvalue weighted by atomic mass is 9.95. The van der Waals surface area contributed by atoms with Crippen molar-refractivity contribution >= 4 is 34.5 Å². The Kier molecular flexibility index (Phi) is 5.85. The Balaban J connectivity index is 1.46. The Morgan fingerprint density at radius 2 is 2.09 bits per heavy atom. The van der Waals surface area contributed by atoms with Crippen LogP contribution in [-0.4, -0.2) is 39.0 Å². The minimum Gasteiger partial charge on any atom is -0.458 e. The van der Waals surface area contributed by atoms with E-state index in [4.69, 9.17) is 9.47 Å². The highest BCUT2D eigenvalue weighted by molar-refractivity contribution is 6.26. The van der Waals surface area contributed by atoms with Gasteiger partial charge >= 0.3 is 5.97 Å². The number of nitrogens with zero attached hydrogens (tertiary/aromatic N) is 1. The summed E-state index contributed by atoms with van der Waals surface area (Å²) >= 11 is 0. The molecular weight excluding hydrogens is 441 g/mol. The van der Waals surface area contributed by atoms with Gasteiger partial charge in [0.25, 0.3) is 0 Å². The normalized spacial score (nSPS) is 21.7. The molecule has 1 aliphatic carbocycles. The standard InChI is InChI=1S/C25H22FN3O5/c26-15-6-8-16(9-7-15)29-24-21(25(32)33-18-4-1-3-17(30)12-18)22(31)20(34-24)11-14-13-28-23-19(14)5-2-10-27-23/h2,5-11,13,17-18,29-30H,1,3-4,12H2,(H,27,28). The van der Waals surface area contributed by atoms with E-state index >= 15 is 0 Å². The summed E-state index contributed by atoms with van der Waals surface area (Å²) in [4.78, 5) is 33.5. The van der Waals surface area contributed by atoms with E-state index in [9.17, 15) is 19.1 Å². The van der Waals surface area contributed by atoms with E-state index < -0.39 is 29.8 Å². The van der Waals surface area contributed by atoms with Crippen LogP contribution in [0.25, 0.3) is 17.1 Å². The Labute approximate surface area is 194 Å². The summed E-state index contributed by atoms with van der Waals surface area (Å²) in [5.74, 6) is -2.05. The van der Waals surface area contributed by atoms with Gasteiger partial charge in [0.15, 0.2) is 11.3 Å². The molecule has 2 unspecified atom stereocenters. The number of esters is 1. The number of aromatic nitrogens is 2. The number of pyridine rings is 1. The molecule has 34 heavy (non-hydrogen) atoms. The minimum absolute atomic E-state index is 0.0648. The van der Waals surface area contributed by atoms with Crippen molar-refractivity contribution in [3.8, 4) is 0 Å². The fourth-order valence-corrected chi connectivity index (χ4v) is 4.14. The molecule has 0 spiro atoms. The van der Waals surface area contributed by atoms with E-state index in [-0.39, 0.29) is 17.2 Å². The number of nitrogens with one attached hydrogen (secondary N) is 2. The average molecular weight is 463 g/mol. The van der Waals surface area contributed by atoms with Gasteiger partial charge in [0.05, 0.1) is 6.10 Å². The predicted octanol–water partition coefficient (Wildman–Crippen LogP) is 3.81. The largest absolute Gasteiger partial charge is 0.458 e. The third-order valence-corrected chi connectivity index (χ3v) is 5.84. The van der Waals surface area contributed by atoms with Crippen molar-refractivity contribution < 1.29 is 28.6 Å². The van der Waals surface area contributed by atoms with Gasteiger partial charge < -0.3 is 24.9 Å². The van der Waals surface area contributed by atoms with Gasteiger partial charge in [-0.15, -0.1) is 0 Å². The molecule has 0 saturated heterocycles. The summed E-state index contributed by atoms with van der Waals surface area (Å²) in [6.07, 6.45) is 6.14. The van der Waals surface area contributed by atoms with Crippen LogP contribution in [0.1, 0.15) is 31.2 Å². The van der Waals surface area contributed by atoms with Gasteiger partial charge in [0.1, 0.15) is 17.6 Å². The highest BCUT2D eigenvalue weighted by atomic mass is 19.1. The lowest BCUT2D eigenvalue weighted by molar-refractivity contribution is -0.148. The molecule has 9 heteroatoms. The lowest BCUT2D eigenvalue weighted by Crippen LogP contribution is -2.29. The number of hydrogen-bond acceptors (Lipinski definition) is 7. The Morgan fingerprint density at radius 1 is 1.26 bits per heavy atom. The number of H-pyrrole nitrogens is 1. The highest BCUT2D eigenvalue weighted by Crippen LogP contribution is 2.31. The summed E-state index contributed by atoms with van der Waals surface area (Å²) in [5, 5.41) is 13.6. The first-order valence-corrected chi connectivity index (χ1v) is 11.0. The molecule has 5 rings (SSSR count). The van der Waals surface area contributed by atoms with Crippen molar-refractivity contribution in [1.82, 2.24) is 9.97 Å². The second kappa shape index (κ2) is 9.11. The van der Waals surface area contributed by atoms with E-state index in [0.29, 0.717) is 36.2 Å². The minimum atomic E-state index is -0.835. The molecule has 2 aromatic heterocycles. The van der Waals surface area contributed by atoms with Crippen molar-refractivity contribution in [2.75, 3.05) is 5.32 Å². The van der Waals surface area contributed by atoms with Gasteiger partial charge in [0.2, 0.25) is 11.7 Å². The molecule has 2 aliphatic rings. The lowest BCUT2D eigenvalue weighted by Gasteiger charge is -2.25. The second-order valence-corrected chi connectivity index (χ2v) is 8.27. The van der Waals surface area contributed by atoms with Crippen LogP contribution in [-0.2, 0) is 19.1 Å². The summed E-state index contributed by atoms with van der Waals surface area (Å²) in [7, 11) is 0. The fourth-order valence-electron chi connectivity index (χ4n) is 4.14. The number of aliphatic hydroxyl groups excluding tert-OH is 1. The average Bonchev–Trinajstić information content (AvgIpc) is 3.36. The molecule has 8 nitrogen and oxygen atoms in total. The molecule has 0 radical (unpaired) electrons. The molecule has 1 aliphatic heterocycles. The number of aromatic amines is 1.